The molecule has 0 bridgehead atoms. The Bertz CT molecular complexity index is 485. The number of unbranched alkanes of at least 4 members (excludes halogenated alkanes) is 1. The van der Waals surface area contributed by atoms with E-state index >= 15 is 0 Å². The van der Waals surface area contributed by atoms with Gasteiger partial charge in [-0.05, 0) is 38.0 Å². The average Bonchev–Trinajstić information content (AvgIpc) is 2.55. The van der Waals surface area contributed by atoms with Crippen molar-refractivity contribution in [1.82, 2.24) is 5.32 Å². The first-order valence-corrected chi connectivity index (χ1v) is 10.4. The molecule has 0 saturated carbocycles. The van der Waals surface area contributed by atoms with E-state index < -0.39 is 12.0 Å². The zero-order valence-corrected chi connectivity index (χ0v) is 18.0. The molecular formula is C22H39NO4. The Morgan fingerprint density at radius 1 is 0.963 bits per heavy atom. The van der Waals surface area contributed by atoms with Crippen molar-refractivity contribution in [3.05, 3.63) is 0 Å². The fourth-order valence-corrected chi connectivity index (χ4v) is 3.32. The highest BCUT2D eigenvalue weighted by molar-refractivity contribution is 5.92. The van der Waals surface area contributed by atoms with Gasteiger partial charge in [0.15, 0.2) is 5.78 Å². The molecule has 0 spiro atoms. The summed E-state index contributed by atoms with van der Waals surface area (Å²) in [6, 6.07) is -0.594. The van der Waals surface area contributed by atoms with Crippen molar-refractivity contribution in [3.8, 4) is 0 Å². The summed E-state index contributed by atoms with van der Waals surface area (Å²) in [6.07, 6.45) is 4.97. The Hall–Kier alpha value is -1.52. The second-order valence-electron chi connectivity index (χ2n) is 8.63. The summed E-state index contributed by atoms with van der Waals surface area (Å²) < 4.78 is 0. The lowest BCUT2D eigenvalue weighted by Gasteiger charge is -2.24. The van der Waals surface area contributed by atoms with Crippen LogP contribution in [0, 0.1) is 23.7 Å². The number of ketones is 2. The first kappa shape index (κ1) is 25.5. The number of carbonyl (C=O) groups is 4. The van der Waals surface area contributed by atoms with Crippen molar-refractivity contribution >= 4 is 23.8 Å². The second kappa shape index (κ2) is 13.6. The molecule has 0 aliphatic heterocycles. The van der Waals surface area contributed by atoms with Crippen molar-refractivity contribution in [1.29, 1.82) is 0 Å². The Labute approximate surface area is 165 Å². The van der Waals surface area contributed by atoms with E-state index in [1.54, 1.807) is 0 Å². The van der Waals surface area contributed by atoms with E-state index in [2.05, 4.69) is 12.2 Å². The van der Waals surface area contributed by atoms with Gasteiger partial charge in [-0.2, -0.15) is 0 Å². The number of nitrogens with one attached hydrogen (secondary N) is 1. The van der Waals surface area contributed by atoms with Gasteiger partial charge in [0.2, 0.25) is 5.91 Å². The van der Waals surface area contributed by atoms with Crippen LogP contribution in [0.3, 0.4) is 0 Å². The third-order valence-corrected chi connectivity index (χ3v) is 4.66. The summed E-state index contributed by atoms with van der Waals surface area (Å²) in [6.45, 7) is 11.6. The first-order valence-electron chi connectivity index (χ1n) is 10.4. The number of hydrogen-bond donors (Lipinski definition) is 1. The lowest BCUT2D eigenvalue weighted by atomic mass is 9.89. The molecule has 0 heterocycles. The molecule has 3 atom stereocenters. The second-order valence-corrected chi connectivity index (χ2v) is 8.63. The lowest BCUT2D eigenvalue weighted by molar-refractivity contribution is -0.133. The molecule has 5 nitrogen and oxygen atoms in total. The lowest BCUT2D eigenvalue weighted by Crippen LogP contribution is -2.45. The molecule has 1 amide bonds. The fraction of sp³-hybridized carbons (Fsp3) is 0.818. The van der Waals surface area contributed by atoms with Crippen molar-refractivity contribution in [3.63, 3.8) is 0 Å². The maximum Gasteiger partial charge on any atom is 0.224 e. The molecular weight excluding hydrogens is 342 g/mol. The highest BCUT2D eigenvalue weighted by Gasteiger charge is 2.28. The predicted molar refractivity (Wildman–Crippen MR) is 108 cm³/mol. The Kier molecular flexibility index (Phi) is 12.9. The molecule has 0 aromatic rings. The van der Waals surface area contributed by atoms with E-state index in [1.165, 1.54) is 6.92 Å². The summed E-state index contributed by atoms with van der Waals surface area (Å²) in [7, 11) is 0. The Balaban J connectivity index is 5.14. The monoisotopic (exact) mass is 381 g/mol. The third-order valence-electron chi connectivity index (χ3n) is 4.66. The molecule has 0 rings (SSSR count). The topological polar surface area (TPSA) is 80.3 Å². The molecule has 0 unspecified atom stereocenters. The molecule has 0 aliphatic rings. The van der Waals surface area contributed by atoms with Crippen molar-refractivity contribution in [2.45, 2.75) is 92.5 Å². The van der Waals surface area contributed by atoms with Gasteiger partial charge in [-0.1, -0.05) is 47.5 Å². The van der Waals surface area contributed by atoms with Gasteiger partial charge in [0.25, 0.3) is 0 Å². The maximum absolute atomic E-state index is 12.8. The van der Waals surface area contributed by atoms with Crippen LogP contribution in [0.25, 0.3) is 0 Å². The van der Waals surface area contributed by atoms with Gasteiger partial charge in [-0.15, -0.1) is 0 Å². The average molecular weight is 382 g/mol. The van der Waals surface area contributed by atoms with Gasteiger partial charge in [0.05, 0.1) is 6.04 Å². The van der Waals surface area contributed by atoms with Gasteiger partial charge < -0.3 is 14.9 Å². The largest absolute Gasteiger partial charge is 0.346 e. The molecule has 0 saturated heterocycles. The summed E-state index contributed by atoms with van der Waals surface area (Å²) >= 11 is 0. The smallest absolute Gasteiger partial charge is 0.224 e. The van der Waals surface area contributed by atoms with Gasteiger partial charge in [-0.25, -0.2) is 0 Å². The van der Waals surface area contributed by atoms with Crippen LogP contribution in [0.2, 0.25) is 0 Å². The molecule has 0 aromatic carbocycles. The van der Waals surface area contributed by atoms with Crippen LogP contribution in [-0.4, -0.2) is 29.8 Å². The number of Topliss-reactive ketones (excluding diaryl/α,β-unsaturated/α-hetero) is 2. The summed E-state index contributed by atoms with van der Waals surface area (Å²) in [5.41, 5.74) is 0. The standard InChI is InChI=1S/C22H39NO4/c1-7-8-9-18(14-24)13-21(26)20(11-16(4)5)23-22(27)19(10-15(2)3)12-17(6)25/h14-16,18-20H,7-13H2,1-6H3,(H,23,27)/t18-,19-,20+/m1/s1. The van der Waals surface area contributed by atoms with Gasteiger partial charge in [-0.3, -0.25) is 9.59 Å². The minimum Gasteiger partial charge on any atom is -0.346 e. The highest BCUT2D eigenvalue weighted by Crippen LogP contribution is 2.19. The predicted octanol–water partition coefficient (Wildman–Crippen LogP) is 4.12. The normalized spacial score (nSPS) is 14.7. The van der Waals surface area contributed by atoms with Gasteiger partial charge >= 0.3 is 0 Å². The Morgan fingerprint density at radius 2 is 1.56 bits per heavy atom. The summed E-state index contributed by atoms with van der Waals surface area (Å²) in [4.78, 5) is 48.3. The fourth-order valence-electron chi connectivity index (χ4n) is 3.32. The van der Waals surface area contributed by atoms with E-state index in [0.29, 0.717) is 19.3 Å². The number of hydrogen-bond acceptors (Lipinski definition) is 4. The van der Waals surface area contributed by atoms with Crippen LogP contribution >= 0.6 is 0 Å². The summed E-state index contributed by atoms with van der Waals surface area (Å²) in [5, 5.41) is 2.89. The number of rotatable bonds is 15. The number of carbonyl (C=O) groups excluding carboxylic acids is 4. The van der Waals surface area contributed by atoms with Crippen LogP contribution in [-0.2, 0) is 19.2 Å². The summed E-state index contributed by atoms with van der Waals surface area (Å²) in [5.74, 6) is -0.512. The molecule has 0 aliphatic carbocycles. The molecule has 156 valence electrons. The zero-order valence-electron chi connectivity index (χ0n) is 18.0. The van der Waals surface area contributed by atoms with E-state index in [-0.39, 0.29) is 48.1 Å². The molecule has 0 fully saturated rings. The molecule has 27 heavy (non-hydrogen) atoms. The van der Waals surface area contributed by atoms with E-state index in [0.717, 1.165) is 19.1 Å². The highest BCUT2D eigenvalue weighted by atomic mass is 16.2. The van der Waals surface area contributed by atoms with Crippen LogP contribution in [0.5, 0.6) is 0 Å². The van der Waals surface area contributed by atoms with Crippen LogP contribution in [0.1, 0.15) is 86.5 Å². The molecule has 5 heteroatoms. The molecule has 0 aromatic heterocycles. The van der Waals surface area contributed by atoms with E-state index in [9.17, 15) is 19.2 Å². The zero-order chi connectivity index (χ0) is 21.0. The van der Waals surface area contributed by atoms with E-state index in [4.69, 9.17) is 0 Å². The van der Waals surface area contributed by atoms with E-state index in [1.807, 2.05) is 27.7 Å². The minimum absolute atomic E-state index is 0.0249. The number of aldehydes is 1. The van der Waals surface area contributed by atoms with Crippen LogP contribution in [0.15, 0.2) is 0 Å². The Morgan fingerprint density at radius 3 is 2.00 bits per heavy atom. The minimum atomic E-state index is -0.594. The SMILES string of the molecule is CCCC[C@@H](C=O)CC(=O)[C@H](CC(C)C)NC(=O)[C@@H](CC(C)=O)CC(C)C. The molecule has 1 N–H and O–H groups in total. The molecule has 0 radical (unpaired) electrons. The van der Waals surface area contributed by atoms with Crippen LogP contribution < -0.4 is 5.32 Å². The maximum atomic E-state index is 12.8. The van der Waals surface area contributed by atoms with Gasteiger partial charge in [0.1, 0.15) is 12.1 Å². The van der Waals surface area contributed by atoms with Gasteiger partial charge in [0, 0.05) is 24.7 Å². The number of amides is 1. The van der Waals surface area contributed by atoms with Crippen LogP contribution in [0.4, 0.5) is 0 Å². The van der Waals surface area contributed by atoms with Crippen molar-refractivity contribution in [2.24, 2.45) is 23.7 Å². The van der Waals surface area contributed by atoms with Crippen molar-refractivity contribution in [2.75, 3.05) is 0 Å². The quantitative estimate of drug-likeness (QED) is 0.433. The third kappa shape index (κ3) is 11.7. The van der Waals surface area contributed by atoms with Crippen molar-refractivity contribution < 1.29 is 19.2 Å². The first-order chi connectivity index (χ1) is 12.6.